The summed E-state index contributed by atoms with van der Waals surface area (Å²) in [4.78, 5) is 26.9. The van der Waals surface area contributed by atoms with Crippen LogP contribution in [0.25, 0.3) is 16.8 Å². The summed E-state index contributed by atoms with van der Waals surface area (Å²) in [5.74, 6) is 0.512. The zero-order valence-electron chi connectivity index (χ0n) is 19.9. The van der Waals surface area contributed by atoms with Crippen LogP contribution in [-0.4, -0.2) is 43.3 Å². The molecule has 3 heterocycles. The van der Waals surface area contributed by atoms with Gasteiger partial charge in [0.1, 0.15) is 6.54 Å². The van der Waals surface area contributed by atoms with Crippen LogP contribution in [0.15, 0.2) is 71.9 Å². The van der Waals surface area contributed by atoms with Crippen LogP contribution in [-0.2, 0) is 16.1 Å². The number of rotatable bonds is 5. The lowest BCUT2D eigenvalue weighted by molar-refractivity contribution is -0.120. The van der Waals surface area contributed by atoms with Crippen LogP contribution in [0.1, 0.15) is 16.7 Å². The van der Waals surface area contributed by atoms with E-state index in [0.717, 1.165) is 16.8 Å². The van der Waals surface area contributed by atoms with Crippen molar-refractivity contribution in [2.24, 2.45) is 0 Å². The van der Waals surface area contributed by atoms with E-state index in [1.54, 1.807) is 6.07 Å². The lowest BCUT2D eigenvalue weighted by atomic mass is 10.1. The molecule has 5 aromatic rings. The fourth-order valence-corrected chi connectivity index (χ4v) is 5.50. The monoisotopic (exact) mass is 496 g/mol. The Morgan fingerprint density at radius 1 is 1.00 bits per heavy atom. The third kappa shape index (κ3) is 3.81. The van der Waals surface area contributed by atoms with E-state index in [0.29, 0.717) is 23.1 Å². The van der Waals surface area contributed by atoms with Crippen LogP contribution in [0.2, 0.25) is 0 Å². The Labute approximate surface area is 211 Å². The van der Waals surface area contributed by atoms with E-state index in [1.165, 1.54) is 33.4 Å². The van der Waals surface area contributed by atoms with Gasteiger partial charge in [-0.05, 0) is 49.2 Å². The normalized spacial score (nSPS) is 13.3. The standard InChI is InChI=1S/C27H24N6O2S/c1-17-11-12-18(2)19(13-17)14-32-22-9-5-6-10-23(22)33-26(32)29-30-27(33)36-16-25(35)31-15-24(34)28-20-7-3-4-8-21(20)31/h3-13H,14-16H2,1-2H3,(H,28,34). The predicted molar refractivity (Wildman–Crippen MR) is 142 cm³/mol. The minimum Gasteiger partial charge on any atom is -0.323 e. The number of carbonyl (C=O) groups is 2. The molecule has 1 N–H and O–H groups in total. The van der Waals surface area contributed by atoms with Gasteiger partial charge in [0.15, 0.2) is 5.16 Å². The van der Waals surface area contributed by atoms with Crippen molar-refractivity contribution in [3.8, 4) is 0 Å². The number of nitrogens with one attached hydrogen (secondary N) is 1. The molecule has 36 heavy (non-hydrogen) atoms. The summed E-state index contributed by atoms with van der Waals surface area (Å²) in [6, 6.07) is 21.9. The Hall–Kier alpha value is -4.11. The summed E-state index contributed by atoms with van der Waals surface area (Å²) in [6.45, 7) is 4.89. The van der Waals surface area contributed by atoms with Crippen LogP contribution < -0.4 is 10.2 Å². The molecule has 0 atom stereocenters. The quantitative estimate of drug-likeness (QED) is 0.364. The summed E-state index contributed by atoms with van der Waals surface area (Å²) in [5, 5.41) is 12.4. The fraction of sp³-hybridized carbons (Fsp3) is 0.185. The van der Waals surface area contributed by atoms with Crippen molar-refractivity contribution < 1.29 is 9.59 Å². The molecule has 0 spiro atoms. The maximum absolute atomic E-state index is 13.2. The summed E-state index contributed by atoms with van der Waals surface area (Å²) >= 11 is 1.33. The Morgan fingerprint density at radius 3 is 2.64 bits per heavy atom. The maximum Gasteiger partial charge on any atom is 0.244 e. The molecule has 0 fully saturated rings. The molecule has 0 radical (unpaired) electrons. The van der Waals surface area contributed by atoms with Gasteiger partial charge in [0, 0.05) is 0 Å². The van der Waals surface area contributed by atoms with Gasteiger partial charge in [-0.15, -0.1) is 10.2 Å². The number of benzene rings is 3. The highest BCUT2D eigenvalue weighted by atomic mass is 32.2. The first kappa shape index (κ1) is 22.4. The summed E-state index contributed by atoms with van der Waals surface area (Å²) in [6.07, 6.45) is 0. The molecular weight excluding hydrogens is 472 g/mol. The summed E-state index contributed by atoms with van der Waals surface area (Å²) in [7, 11) is 0. The highest BCUT2D eigenvalue weighted by Crippen LogP contribution is 2.31. The molecule has 1 aliphatic rings. The molecule has 0 aliphatic carbocycles. The molecule has 6 rings (SSSR count). The van der Waals surface area contributed by atoms with Gasteiger partial charge in [0.2, 0.25) is 17.6 Å². The first-order chi connectivity index (χ1) is 17.5. The lowest BCUT2D eigenvalue weighted by Gasteiger charge is -2.28. The number of carbonyl (C=O) groups excluding carboxylic acids is 2. The number of para-hydroxylation sites is 4. The Bertz CT molecular complexity index is 1650. The van der Waals surface area contributed by atoms with E-state index in [4.69, 9.17) is 0 Å². The maximum atomic E-state index is 13.2. The smallest absolute Gasteiger partial charge is 0.244 e. The topological polar surface area (TPSA) is 84.5 Å². The Kier molecular flexibility index (Phi) is 5.49. The van der Waals surface area contributed by atoms with E-state index in [1.807, 2.05) is 40.8 Å². The molecule has 2 aromatic heterocycles. The first-order valence-corrected chi connectivity index (χ1v) is 12.7. The first-order valence-electron chi connectivity index (χ1n) is 11.7. The van der Waals surface area contributed by atoms with Crippen molar-refractivity contribution in [2.45, 2.75) is 25.5 Å². The van der Waals surface area contributed by atoms with E-state index >= 15 is 0 Å². The highest BCUT2D eigenvalue weighted by Gasteiger charge is 2.27. The molecule has 3 aromatic carbocycles. The van der Waals surface area contributed by atoms with Gasteiger partial charge >= 0.3 is 0 Å². The van der Waals surface area contributed by atoms with E-state index < -0.39 is 0 Å². The molecule has 8 nitrogen and oxygen atoms in total. The molecule has 2 amide bonds. The van der Waals surface area contributed by atoms with Crippen LogP contribution in [0.3, 0.4) is 0 Å². The van der Waals surface area contributed by atoms with Crippen molar-refractivity contribution in [3.05, 3.63) is 83.4 Å². The van der Waals surface area contributed by atoms with Gasteiger partial charge in [0.25, 0.3) is 0 Å². The second kappa shape index (κ2) is 8.83. The van der Waals surface area contributed by atoms with Gasteiger partial charge in [-0.25, -0.2) is 0 Å². The summed E-state index contributed by atoms with van der Waals surface area (Å²) < 4.78 is 4.18. The number of fused-ring (bicyclic) bond motifs is 4. The highest BCUT2D eigenvalue weighted by molar-refractivity contribution is 7.99. The van der Waals surface area contributed by atoms with Crippen LogP contribution in [0, 0.1) is 13.8 Å². The van der Waals surface area contributed by atoms with Crippen molar-refractivity contribution >= 4 is 51.8 Å². The van der Waals surface area contributed by atoms with Crippen molar-refractivity contribution in [1.29, 1.82) is 0 Å². The van der Waals surface area contributed by atoms with E-state index in [2.05, 4.69) is 58.2 Å². The van der Waals surface area contributed by atoms with Gasteiger partial charge < -0.3 is 14.8 Å². The molecular formula is C27H24N6O2S. The number of imidazole rings is 1. The second-order valence-electron chi connectivity index (χ2n) is 8.96. The lowest BCUT2D eigenvalue weighted by Crippen LogP contribution is -2.43. The molecule has 1 aliphatic heterocycles. The predicted octanol–water partition coefficient (Wildman–Crippen LogP) is 4.43. The van der Waals surface area contributed by atoms with E-state index in [9.17, 15) is 9.59 Å². The van der Waals surface area contributed by atoms with Gasteiger partial charge in [0.05, 0.1) is 34.7 Å². The van der Waals surface area contributed by atoms with Gasteiger partial charge in [-0.2, -0.15) is 0 Å². The molecule has 9 heteroatoms. The number of hydrogen-bond acceptors (Lipinski definition) is 5. The molecule has 0 bridgehead atoms. The Morgan fingerprint density at radius 2 is 1.78 bits per heavy atom. The van der Waals surface area contributed by atoms with Gasteiger partial charge in [-0.1, -0.05) is 59.8 Å². The van der Waals surface area contributed by atoms with Crippen molar-refractivity contribution in [3.63, 3.8) is 0 Å². The number of amides is 2. The largest absolute Gasteiger partial charge is 0.323 e. The molecule has 0 saturated carbocycles. The number of aromatic nitrogens is 4. The van der Waals surface area contributed by atoms with E-state index in [-0.39, 0.29) is 24.1 Å². The van der Waals surface area contributed by atoms with Crippen LogP contribution >= 0.6 is 11.8 Å². The third-order valence-corrected chi connectivity index (χ3v) is 7.41. The molecule has 180 valence electrons. The SMILES string of the molecule is Cc1ccc(C)c(Cn2c3ccccc3n3c(SCC(=O)N4CC(=O)Nc5ccccc54)nnc23)c1. The molecule has 0 unspecified atom stereocenters. The zero-order chi connectivity index (χ0) is 24.8. The van der Waals surface area contributed by atoms with Gasteiger partial charge in [-0.3, -0.25) is 14.0 Å². The van der Waals surface area contributed by atoms with Crippen molar-refractivity contribution in [1.82, 2.24) is 19.2 Å². The average molecular weight is 497 g/mol. The number of aryl methyl sites for hydroxylation is 2. The number of thioether (sulfide) groups is 1. The van der Waals surface area contributed by atoms with Crippen molar-refractivity contribution in [2.75, 3.05) is 22.5 Å². The minimum absolute atomic E-state index is 0.000795. The second-order valence-corrected chi connectivity index (χ2v) is 9.90. The number of anilines is 2. The van der Waals surface area contributed by atoms with Crippen LogP contribution in [0.4, 0.5) is 11.4 Å². The van der Waals surface area contributed by atoms with Crippen LogP contribution in [0.5, 0.6) is 0 Å². The minimum atomic E-state index is -0.202. The number of nitrogens with zero attached hydrogens (tertiary/aromatic N) is 5. The number of hydrogen-bond donors (Lipinski definition) is 1. The average Bonchev–Trinajstić information content (AvgIpc) is 3.43. The Balaban J connectivity index is 1.32. The molecule has 0 saturated heterocycles. The zero-order valence-corrected chi connectivity index (χ0v) is 20.7. The fourth-order valence-electron chi connectivity index (χ4n) is 4.69. The summed E-state index contributed by atoms with van der Waals surface area (Å²) in [5.41, 5.74) is 7.06. The third-order valence-electron chi connectivity index (χ3n) is 6.50.